The molecule has 0 bridgehead atoms. The fraction of sp³-hybridized carbons (Fsp3) is 0.364. The number of amides is 2. The quantitative estimate of drug-likeness (QED) is 0.712. The van der Waals surface area contributed by atoms with Gasteiger partial charge in [0.05, 0.1) is 11.3 Å². The second kappa shape index (κ2) is 9.65. The average Bonchev–Trinajstić information content (AvgIpc) is 3.30. The first-order chi connectivity index (χ1) is 13.6. The number of carbonyl (C=O) groups is 2. The summed E-state index contributed by atoms with van der Waals surface area (Å²) in [6.07, 6.45) is 0. The summed E-state index contributed by atoms with van der Waals surface area (Å²) in [4.78, 5) is 28.2. The Hall–Kier alpha value is -2.02. The molecule has 0 saturated carbocycles. The number of aryl methyl sites for hydroxylation is 1. The summed E-state index contributed by atoms with van der Waals surface area (Å²) in [5.41, 5.74) is 2.64. The number of fused-ring (bicyclic) bond motifs is 1. The average molecular weight is 432 g/mol. The standard InChI is InChI=1S/C22H25N3O2S.ClH/c1-15-6-8-18(9-7-15)24-21(26)14-28-20-5-3-2-4-19(20)22(27)25-12-16-10-23-11-17(16)13-25;/h2-9,16-17,23H,10-14H2,1H3,(H,24,26);1H/t16-,17+;. The van der Waals surface area contributed by atoms with Crippen LogP contribution in [0.2, 0.25) is 0 Å². The van der Waals surface area contributed by atoms with Crippen LogP contribution in [-0.2, 0) is 4.79 Å². The first-order valence-corrected chi connectivity index (χ1v) is 10.7. The van der Waals surface area contributed by atoms with Gasteiger partial charge in [0.1, 0.15) is 0 Å². The third-order valence-corrected chi connectivity index (χ3v) is 6.56. The van der Waals surface area contributed by atoms with E-state index in [2.05, 4.69) is 10.6 Å². The van der Waals surface area contributed by atoms with Crippen LogP contribution >= 0.6 is 24.2 Å². The van der Waals surface area contributed by atoms with Crippen molar-refractivity contribution in [2.75, 3.05) is 37.2 Å². The topological polar surface area (TPSA) is 61.4 Å². The van der Waals surface area contributed by atoms with E-state index in [-0.39, 0.29) is 30.0 Å². The van der Waals surface area contributed by atoms with Crippen LogP contribution in [0.4, 0.5) is 5.69 Å². The van der Waals surface area contributed by atoms with E-state index in [0.717, 1.165) is 42.3 Å². The summed E-state index contributed by atoms with van der Waals surface area (Å²) < 4.78 is 0. The molecule has 2 amide bonds. The first-order valence-electron chi connectivity index (χ1n) is 9.68. The van der Waals surface area contributed by atoms with Crippen LogP contribution in [0.3, 0.4) is 0 Å². The maximum Gasteiger partial charge on any atom is 0.255 e. The Morgan fingerprint density at radius 1 is 1.07 bits per heavy atom. The van der Waals surface area contributed by atoms with E-state index in [1.54, 1.807) is 0 Å². The van der Waals surface area contributed by atoms with Gasteiger partial charge in [0, 0.05) is 36.8 Å². The van der Waals surface area contributed by atoms with Crippen molar-refractivity contribution in [3.05, 3.63) is 59.7 Å². The second-order valence-electron chi connectivity index (χ2n) is 7.59. The summed E-state index contributed by atoms with van der Waals surface area (Å²) in [7, 11) is 0. The molecule has 0 unspecified atom stereocenters. The zero-order valence-corrected chi connectivity index (χ0v) is 18.0. The van der Waals surface area contributed by atoms with E-state index in [1.807, 2.05) is 60.4 Å². The molecule has 2 heterocycles. The molecule has 4 rings (SSSR count). The Labute approximate surface area is 182 Å². The van der Waals surface area contributed by atoms with E-state index >= 15 is 0 Å². The van der Waals surface area contributed by atoms with Gasteiger partial charge in [-0.25, -0.2) is 0 Å². The molecule has 0 aliphatic carbocycles. The lowest BCUT2D eigenvalue weighted by molar-refractivity contribution is -0.113. The van der Waals surface area contributed by atoms with Crippen molar-refractivity contribution in [2.24, 2.45) is 11.8 Å². The van der Waals surface area contributed by atoms with Gasteiger partial charge in [0.25, 0.3) is 5.91 Å². The Morgan fingerprint density at radius 2 is 1.72 bits per heavy atom. The molecule has 0 radical (unpaired) electrons. The Morgan fingerprint density at radius 3 is 2.41 bits per heavy atom. The molecular weight excluding hydrogens is 406 g/mol. The van der Waals surface area contributed by atoms with E-state index in [1.165, 1.54) is 11.8 Å². The van der Waals surface area contributed by atoms with Crippen LogP contribution in [-0.4, -0.2) is 48.6 Å². The van der Waals surface area contributed by atoms with Crippen molar-refractivity contribution in [3.63, 3.8) is 0 Å². The second-order valence-corrected chi connectivity index (χ2v) is 8.60. The van der Waals surface area contributed by atoms with Crippen molar-refractivity contribution >= 4 is 41.7 Å². The number of benzene rings is 2. The fourth-order valence-electron chi connectivity index (χ4n) is 3.94. The summed E-state index contributed by atoms with van der Waals surface area (Å²) in [5, 5.41) is 6.31. The van der Waals surface area contributed by atoms with E-state index in [9.17, 15) is 9.59 Å². The maximum atomic E-state index is 13.1. The number of rotatable bonds is 5. The van der Waals surface area contributed by atoms with Crippen LogP contribution in [0.1, 0.15) is 15.9 Å². The SMILES string of the molecule is Cc1ccc(NC(=O)CSc2ccccc2C(=O)N2C[C@H]3CNC[C@H]3C2)cc1.Cl. The lowest BCUT2D eigenvalue weighted by Crippen LogP contribution is -2.32. The molecule has 29 heavy (non-hydrogen) atoms. The molecule has 2 atom stereocenters. The zero-order chi connectivity index (χ0) is 19.5. The van der Waals surface area contributed by atoms with E-state index < -0.39 is 0 Å². The molecule has 0 spiro atoms. The maximum absolute atomic E-state index is 13.1. The predicted molar refractivity (Wildman–Crippen MR) is 120 cm³/mol. The third kappa shape index (κ3) is 5.13. The van der Waals surface area contributed by atoms with Gasteiger partial charge in [-0.2, -0.15) is 0 Å². The number of nitrogens with zero attached hydrogens (tertiary/aromatic N) is 1. The van der Waals surface area contributed by atoms with Crippen LogP contribution in [0, 0.1) is 18.8 Å². The molecule has 2 fully saturated rings. The van der Waals surface area contributed by atoms with Gasteiger partial charge in [-0.15, -0.1) is 24.2 Å². The zero-order valence-electron chi connectivity index (χ0n) is 16.4. The molecule has 2 aliphatic heterocycles. The number of hydrogen-bond donors (Lipinski definition) is 2. The molecule has 2 aromatic carbocycles. The lowest BCUT2D eigenvalue weighted by atomic mass is 10.0. The number of thioether (sulfide) groups is 1. The van der Waals surface area contributed by atoms with Crippen LogP contribution < -0.4 is 10.6 Å². The third-order valence-electron chi connectivity index (χ3n) is 5.49. The summed E-state index contributed by atoms with van der Waals surface area (Å²) in [5.74, 6) is 1.43. The smallest absolute Gasteiger partial charge is 0.255 e. The number of hydrogen-bond acceptors (Lipinski definition) is 4. The van der Waals surface area contributed by atoms with Crippen LogP contribution in [0.25, 0.3) is 0 Å². The minimum atomic E-state index is -0.0714. The molecule has 2 aromatic rings. The molecule has 5 nitrogen and oxygen atoms in total. The highest BCUT2D eigenvalue weighted by molar-refractivity contribution is 8.00. The van der Waals surface area contributed by atoms with Crippen LogP contribution in [0.5, 0.6) is 0 Å². The first kappa shape index (κ1) is 21.7. The van der Waals surface area contributed by atoms with Crippen molar-refractivity contribution < 1.29 is 9.59 Å². The summed E-state index contributed by atoms with van der Waals surface area (Å²) >= 11 is 1.41. The van der Waals surface area contributed by atoms with Gasteiger partial charge in [-0.1, -0.05) is 29.8 Å². The molecule has 2 saturated heterocycles. The van der Waals surface area contributed by atoms with Crippen molar-refractivity contribution in [3.8, 4) is 0 Å². The minimum Gasteiger partial charge on any atom is -0.338 e. The number of carbonyl (C=O) groups excluding carboxylic acids is 2. The highest BCUT2D eigenvalue weighted by Gasteiger charge is 2.38. The van der Waals surface area contributed by atoms with E-state index in [4.69, 9.17) is 0 Å². The Balaban J connectivity index is 0.00000240. The highest BCUT2D eigenvalue weighted by atomic mass is 35.5. The number of nitrogens with one attached hydrogen (secondary N) is 2. The minimum absolute atomic E-state index is 0. The molecule has 7 heteroatoms. The van der Waals surface area contributed by atoms with Gasteiger partial charge in [-0.3, -0.25) is 9.59 Å². The normalized spacial score (nSPS) is 20.1. The van der Waals surface area contributed by atoms with Gasteiger partial charge < -0.3 is 15.5 Å². The molecule has 154 valence electrons. The van der Waals surface area contributed by atoms with Crippen molar-refractivity contribution in [1.82, 2.24) is 10.2 Å². The number of halogens is 1. The monoisotopic (exact) mass is 431 g/mol. The molecular formula is C22H26ClN3O2S. The number of likely N-dealkylation sites (tertiary alicyclic amines) is 1. The Bertz CT molecular complexity index is 863. The van der Waals surface area contributed by atoms with Crippen LogP contribution in [0.15, 0.2) is 53.4 Å². The van der Waals surface area contributed by atoms with Crippen molar-refractivity contribution in [1.29, 1.82) is 0 Å². The lowest BCUT2D eigenvalue weighted by Gasteiger charge is -2.19. The number of anilines is 1. The fourth-order valence-corrected chi connectivity index (χ4v) is 4.78. The molecule has 2 N–H and O–H groups in total. The van der Waals surface area contributed by atoms with Gasteiger partial charge >= 0.3 is 0 Å². The van der Waals surface area contributed by atoms with Crippen molar-refractivity contribution in [2.45, 2.75) is 11.8 Å². The van der Waals surface area contributed by atoms with E-state index in [0.29, 0.717) is 17.4 Å². The van der Waals surface area contributed by atoms with Gasteiger partial charge in [0.2, 0.25) is 5.91 Å². The highest BCUT2D eigenvalue weighted by Crippen LogP contribution is 2.30. The largest absolute Gasteiger partial charge is 0.338 e. The molecule has 0 aromatic heterocycles. The summed E-state index contributed by atoms with van der Waals surface area (Å²) in [6, 6.07) is 15.3. The predicted octanol–water partition coefficient (Wildman–Crippen LogP) is 3.44. The van der Waals surface area contributed by atoms with Gasteiger partial charge in [-0.05, 0) is 43.0 Å². The summed E-state index contributed by atoms with van der Waals surface area (Å²) in [6.45, 7) is 5.67. The van der Waals surface area contributed by atoms with Gasteiger partial charge in [0.15, 0.2) is 0 Å². The Kier molecular flexibility index (Phi) is 7.22. The molecule has 2 aliphatic rings.